The van der Waals surface area contributed by atoms with Crippen molar-refractivity contribution in [3.8, 4) is 0 Å². The molecule has 25 heavy (non-hydrogen) atoms. The molecule has 2 aromatic heterocycles. The van der Waals surface area contributed by atoms with Crippen molar-refractivity contribution < 1.29 is 5.11 Å². The average Bonchev–Trinajstić information content (AvgIpc) is 3.05. The van der Waals surface area contributed by atoms with Crippen molar-refractivity contribution >= 4 is 39.5 Å². The first-order valence-corrected chi connectivity index (χ1v) is 8.86. The van der Waals surface area contributed by atoms with Gasteiger partial charge in [-0.1, -0.05) is 35.1 Å². The van der Waals surface area contributed by atoms with Crippen LogP contribution in [0.4, 0.5) is 10.9 Å². The summed E-state index contributed by atoms with van der Waals surface area (Å²) in [6.45, 7) is 1.04. The molecule has 2 rings (SSSR count). The fourth-order valence-electron chi connectivity index (χ4n) is 1.93. The quantitative estimate of drug-likeness (QED) is 0.333. The number of nitrogens with two attached hydrogens (primary N) is 2. The Hall–Kier alpha value is -1.97. The molecule has 9 heteroatoms. The number of nitrogens with zero attached hydrogens (tertiary/aromatic N) is 2. The van der Waals surface area contributed by atoms with Gasteiger partial charge in [-0.15, -0.1) is 0 Å². The lowest BCUT2D eigenvalue weighted by atomic mass is 10.2. The van der Waals surface area contributed by atoms with Gasteiger partial charge in [-0.25, -0.2) is 9.97 Å². The Balaban J connectivity index is 1.96. The Morgan fingerprint density at radius 2 is 2.28 bits per heavy atom. The van der Waals surface area contributed by atoms with E-state index in [9.17, 15) is 5.11 Å². The maximum atomic E-state index is 9.72. The van der Waals surface area contributed by atoms with Gasteiger partial charge in [0.05, 0.1) is 4.88 Å². The molecule has 7 N–H and O–H groups in total. The van der Waals surface area contributed by atoms with Gasteiger partial charge >= 0.3 is 0 Å². The molecule has 0 aromatic carbocycles. The fourth-order valence-corrected chi connectivity index (χ4v) is 2.91. The molecular weight excluding hydrogens is 360 g/mol. The summed E-state index contributed by atoms with van der Waals surface area (Å²) in [5.41, 5.74) is 11.9. The first-order chi connectivity index (χ1) is 12.1. The summed E-state index contributed by atoms with van der Waals surface area (Å²) >= 11 is 7.38. The third-order valence-electron chi connectivity index (χ3n) is 3.11. The van der Waals surface area contributed by atoms with E-state index in [0.29, 0.717) is 35.5 Å². The van der Waals surface area contributed by atoms with Gasteiger partial charge in [0, 0.05) is 48.7 Å². The number of aliphatic hydroxyl groups is 1. The number of anilines is 2. The first-order valence-electron chi connectivity index (χ1n) is 7.67. The van der Waals surface area contributed by atoms with E-state index in [0.717, 1.165) is 10.5 Å². The molecule has 0 aliphatic carbocycles. The zero-order chi connectivity index (χ0) is 18.1. The van der Waals surface area contributed by atoms with Gasteiger partial charge in [0.15, 0.2) is 5.13 Å². The van der Waals surface area contributed by atoms with E-state index in [2.05, 4.69) is 20.6 Å². The molecule has 2 heterocycles. The van der Waals surface area contributed by atoms with Crippen LogP contribution in [-0.2, 0) is 0 Å². The first kappa shape index (κ1) is 19.4. The number of hydrogen-bond acceptors (Lipinski definition) is 8. The summed E-state index contributed by atoms with van der Waals surface area (Å²) in [6, 6.07) is 3.43. The lowest BCUT2D eigenvalue weighted by Gasteiger charge is -2.08. The Kier molecular flexibility index (Phi) is 7.83. The normalized spacial score (nSPS) is 13.3. The molecule has 0 saturated carbocycles. The van der Waals surface area contributed by atoms with Crippen molar-refractivity contribution in [2.45, 2.75) is 12.6 Å². The molecule has 0 radical (unpaired) electrons. The van der Waals surface area contributed by atoms with Gasteiger partial charge < -0.3 is 21.9 Å². The van der Waals surface area contributed by atoms with Crippen LogP contribution in [0.15, 0.2) is 42.9 Å². The summed E-state index contributed by atoms with van der Waals surface area (Å²) in [7, 11) is 0. The summed E-state index contributed by atoms with van der Waals surface area (Å²) in [5.74, 6) is 0.622. The number of hydrogen-bond donors (Lipinski definition) is 5. The largest absolute Gasteiger partial charge is 0.404 e. The SMILES string of the molecule is N/C=C(\C=C/CC(O)NCCN)c1cnc(Nc2cc(Cl)ccn2)s1. The second-order valence-electron chi connectivity index (χ2n) is 5.03. The van der Waals surface area contributed by atoms with Gasteiger partial charge in [-0.3, -0.25) is 5.32 Å². The van der Waals surface area contributed by atoms with Gasteiger partial charge in [0.1, 0.15) is 12.0 Å². The number of allylic oxidation sites excluding steroid dienone is 2. The van der Waals surface area contributed by atoms with Crippen LogP contribution >= 0.6 is 22.9 Å². The molecule has 7 nitrogen and oxygen atoms in total. The molecule has 0 spiro atoms. The number of rotatable bonds is 9. The Labute approximate surface area is 155 Å². The van der Waals surface area contributed by atoms with Crippen molar-refractivity contribution in [1.29, 1.82) is 0 Å². The summed E-state index contributed by atoms with van der Waals surface area (Å²) in [4.78, 5) is 9.38. The molecule has 0 bridgehead atoms. The highest BCUT2D eigenvalue weighted by molar-refractivity contribution is 7.16. The van der Waals surface area contributed by atoms with E-state index in [1.807, 2.05) is 12.2 Å². The molecule has 0 aliphatic heterocycles. The van der Waals surface area contributed by atoms with Crippen LogP contribution in [0.2, 0.25) is 5.02 Å². The number of halogens is 1. The zero-order valence-electron chi connectivity index (χ0n) is 13.5. The predicted molar refractivity (Wildman–Crippen MR) is 104 cm³/mol. The lowest BCUT2D eigenvalue weighted by Crippen LogP contribution is -2.32. The van der Waals surface area contributed by atoms with Crippen molar-refractivity contribution in [3.63, 3.8) is 0 Å². The number of nitrogens with one attached hydrogen (secondary N) is 2. The van der Waals surface area contributed by atoms with Crippen molar-refractivity contribution in [2.24, 2.45) is 11.5 Å². The Morgan fingerprint density at radius 3 is 3.00 bits per heavy atom. The smallest absolute Gasteiger partial charge is 0.188 e. The second kappa shape index (κ2) is 10.1. The van der Waals surface area contributed by atoms with Crippen LogP contribution in [0.1, 0.15) is 11.3 Å². The second-order valence-corrected chi connectivity index (χ2v) is 6.50. The molecule has 0 saturated heterocycles. The Morgan fingerprint density at radius 1 is 1.44 bits per heavy atom. The van der Waals surface area contributed by atoms with E-state index >= 15 is 0 Å². The van der Waals surface area contributed by atoms with E-state index in [1.165, 1.54) is 17.5 Å². The lowest BCUT2D eigenvalue weighted by molar-refractivity contribution is 0.142. The summed E-state index contributed by atoms with van der Waals surface area (Å²) in [6.07, 6.45) is 8.37. The Bertz CT molecular complexity index is 733. The number of aromatic nitrogens is 2. The zero-order valence-corrected chi connectivity index (χ0v) is 15.1. The van der Waals surface area contributed by atoms with E-state index in [1.54, 1.807) is 24.5 Å². The van der Waals surface area contributed by atoms with Crippen molar-refractivity contribution in [3.05, 3.63) is 52.8 Å². The average molecular weight is 381 g/mol. The summed E-state index contributed by atoms with van der Waals surface area (Å²) in [5, 5.41) is 17.0. The van der Waals surface area contributed by atoms with E-state index < -0.39 is 6.23 Å². The highest BCUT2D eigenvalue weighted by atomic mass is 35.5. The number of pyridine rings is 1. The maximum Gasteiger partial charge on any atom is 0.188 e. The summed E-state index contributed by atoms with van der Waals surface area (Å²) < 4.78 is 0. The predicted octanol–water partition coefficient (Wildman–Crippen LogP) is 2.05. The molecule has 0 aliphatic rings. The molecular formula is C16H21ClN6OS. The highest BCUT2D eigenvalue weighted by Gasteiger charge is 2.06. The third kappa shape index (κ3) is 6.45. The fraction of sp³-hybridized carbons (Fsp3) is 0.250. The highest BCUT2D eigenvalue weighted by Crippen LogP contribution is 2.28. The molecule has 134 valence electrons. The topological polar surface area (TPSA) is 122 Å². The van der Waals surface area contributed by atoms with Gasteiger partial charge in [-0.05, 0) is 12.1 Å². The van der Waals surface area contributed by atoms with Gasteiger partial charge in [-0.2, -0.15) is 0 Å². The molecule has 1 atom stereocenters. The molecule has 2 aromatic rings. The minimum atomic E-state index is -0.633. The van der Waals surface area contributed by atoms with E-state index in [4.69, 9.17) is 23.1 Å². The monoisotopic (exact) mass is 380 g/mol. The van der Waals surface area contributed by atoms with Crippen LogP contribution in [0, 0.1) is 0 Å². The van der Waals surface area contributed by atoms with Crippen LogP contribution in [0.3, 0.4) is 0 Å². The van der Waals surface area contributed by atoms with E-state index in [-0.39, 0.29) is 0 Å². The van der Waals surface area contributed by atoms with Crippen molar-refractivity contribution in [2.75, 3.05) is 18.4 Å². The molecule has 1 unspecified atom stereocenters. The van der Waals surface area contributed by atoms with Crippen LogP contribution in [0.5, 0.6) is 0 Å². The minimum Gasteiger partial charge on any atom is -0.404 e. The van der Waals surface area contributed by atoms with Crippen LogP contribution < -0.4 is 22.1 Å². The number of aliphatic hydroxyl groups excluding tert-OH is 1. The molecule has 0 fully saturated rings. The van der Waals surface area contributed by atoms with Crippen LogP contribution in [0.25, 0.3) is 5.57 Å². The minimum absolute atomic E-state index is 0.452. The number of thiazole rings is 1. The van der Waals surface area contributed by atoms with Gasteiger partial charge in [0.2, 0.25) is 0 Å². The molecule has 0 amide bonds. The van der Waals surface area contributed by atoms with Crippen molar-refractivity contribution in [1.82, 2.24) is 15.3 Å². The van der Waals surface area contributed by atoms with Crippen LogP contribution in [-0.4, -0.2) is 34.4 Å². The maximum absolute atomic E-state index is 9.72. The standard InChI is InChI=1S/C16H21ClN6OS/c17-12-4-6-20-14(8-12)23-16-22-10-13(25-16)11(9-19)2-1-3-15(24)21-7-5-18/h1-2,4,6,8-10,15,21,24H,3,5,7,18-19H2,(H,20,22,23)/b2-1-,11-9+. The van der Waals surface area contributed by atoms with Gasteiger partial charge in [0.25, 0.3) is 0 Å². The third-order valence-corrected chi connectivity index (χ3v) is 4.30.